The number of aryl methyl sites for hydroxylation is 2. The highest BCUT2D eigenvalue weighted by molar-refractivity contribution is 5.75. The lowest BCUT2D eigenvalue weighted by atomic mass is 10.4. The van der Waals surface area contributed by atoms with E-state index < -0.39 is 9.85 Å². The fraction of sp³-hybridized carbons (Fsp3) is 0.417. The quantitative estimate of drug-likeness (QED) is 0.564. The monoisotopic (exact) mass is 337 g/mol. The fourth-order valence-corrected chi connectivity index (χ4v) is 2.08. The summed E-state index contributed by atoms with van der Waals surface area (Å²) in [6.45, 7) is 3.48. The summed E-state index contributed by atoms with van der Waals surface area (Å²) in [6, 6.07) is 1.34. The van der Waals surface area contributed by atoms with Crippen LogP contribution in [0.25, 0.3) is 0 Å². The van der Waals surface area contributed by atoms with E-state index in [0.717, 1.165) is 0 Å². The van der Waals surface area contributed by atoms with Crippen LogP contribution in [-0.4, -0.2) is 41.9 Å². The molecule has 1 N–H and O–H groups in total. The Morgan fingerprint density at radius 1 is 1.25 bits per heavy atom. The van der Waals surface area contributed by atoms with Crippen molar-refractivity contribution in [3.63, 3.8) is 0 Å². The zero-order valence-corrected chi connectivity index (χ0v) is 13.0. The Hall–Kier alpha value is -3.31. The maximum atomic E-state index is 11.8. The highest BCUT2D eigenvalue weighted by Gasteiger charge is 2.17. The van der Waals surface area contributed by atoms with E-state index in [1.54, 1.807) is 6.92 Å². The first kappa shape index (κ1) is 17.1. The smallest absolute Gasteiger partial charge is 0.358 e. The predicted molar refractivity (Wildman–Crippen MR) is 80.2 cm³/mol. The second-order valence-electron chi connectivity index (χ2n) is 5.03. The van der Waals surface area contributed by atoms with E-state index in [1.807, 2.05) is 0 Å². The van der Waals surface area contributed by atoms with Crippen LogP contribution in [0.5, 0.6) is 0 Å². The van der Waals surface area contributed by atoms with Crippen molar-refractivity contribution in [1.29, 1.82) is 0 Å². The number of aromatic nitrogens is 4. The first-order chi connectivity index (χ1) is 11.3. The van der Waals surface area contributed by atoms with Crippen LogP contribution in [0.3, 0.4) is 0 Å². The van der Waals surface area contributed by atoms with Crippen LogP contribution in [0.1, 0.15) is 11.4 Å². The predicted octanol–water partition coefficient (Wildman–Crippen LogP) is 0.329. The van der Waals surface area contributed by atoms with E-state index in [2.05, 4.69) is 15.5 Å². The van der Waals surface area contributed by atoms with Gasteiger partial charge in [-0.15, -0.1) is 0 Å². The number of nitrogens with zero attached hydrogens (tertiary/aromatic N) is 6. The van der Waals surface area contributed by atoms with Crippen molar-refractivity contribution in [2.24, 2.45) is 0 Å². The van der Waals surface area contributed by atoms with Gasteiger partial charge in [-0.2, -0.15) is 9.78 Å². The van der Waals surface area contributed by atoms with Gasteiger partial charge in [-0.25, -0.2) is 0 Å². The maximum Gasteiger partial charge on any atom is 0.390 e. The van der Waals surface area contributed by atoms with Crippen molar-refractivity contribution in [1.82, 2.24) is 24.9 Å². The van der Waals surface area contributed by atoms with Gasteiger partial charge in [0.15, 0.2) is 0 Å². The molecular weight excluding hydrogens is 322 g/mol. The number of carbonyl (C=O) groups is 1. The third kappa shape index (κ3) is 3.91. The standard InChI is InChI=1S/C12H15N7O5/c1-8-5-11(19(23)24)15-17(8)4-3-13-12(20)7-16-6-10(18(21)22)9(2)14-16/h5-6H,3-4,7H2,1-2H3,(H,13,20). The second-order valence-corrected chi connectivity index (χ2v) is 5.03. The molecule has 2 aromatic rings. The SMILES string of the molecule is Cc1nn(CC(=O)NCCn2nc([N+](=O)[O-])cc2C)cc1[N+](=O)[O-]. The van der Waals surface area contributed by atoms with Crippen molar-refractivity contribution in [2.45, 2.75) is 26.9 Å². The van der Waals surface area contributed by atoms with Gasteiger partial charge >= 0.3 is 11.5 Å². The minimum atomic E-state index is -0.588. The average molecular weight is 337 g/mol. The van der Waals surface area contributed by atoms with Crippen molar-refractivity contribution in [3.05, 3.63) is 43.9 Å². The number of carbonyl (C=O) groups excluding carboxylic acids is 1. The summed E-state index contributed by atoms with van der Waals surface area (Å²) in [5.74, 6) is -0.634. The molecule has 2 rings (SSSR count). The Morgan fingerprint density at radius 2 is 1.96 bits per heavy atom. The molecule has 0 aliphatic rings. The van der Waals surface area contributed by atoms with Gasteiger partial charge in [-0.1, -0.05) is 0 Å². The summed E-state index contributed by atoms with van der Waals surface area (Å²) >= 11 is 0. The molecule has 12 nitrogen and oxygen atoms in total. The van der Waals surface area contributed by atoms with Crippen LogP contribution in [0.4, 0.5) is 11.5 Å². The molecule has 24 heavy (non-hydrogen) atoms. The molecule has 0 unspecified atom stereocenters. The number of hydrogen-bond donors (Lipinski definition) is 1. The molecule has 2 aromatic heterocycles. The molecule has 0 saturated heterocycles. The highest BCUT2D eigenvalue weighted by Crippen LogP contribution is 2.14. The molecule has 12 heteroatoms. The third-order valence-electron chi connectivity index (χ3n) is 3.22. The second kappa shape index (κ2) is 6.85. The Kier molecular flexibility index (Phi) is 4.87. The van der Waals surface area contributed by atoms with Crippen molar-refractivity contribution < 1.29 is 14.6 Å². The number of hydrogen-bond acceptors (Lipinski definition) is 7. The number of nitrogens with one attached hydrogen (secondary N) is 1. The van der Waals surface area contributed by atoms with Crippen LogP contribution in [0, 0.1) is 34.1 Å². The van der Waals surface area contributed by atoms with Crippen LogP contribution in [0.2, 0.25) is 0 Å². The molecule has 2 heterocycles. The van der Waals surface area contributed by atoms with Gasteiger partial charge in [0.2, 0.25) is 5.91 Å². The minimum absolute atomic E-state index is 0.151. The molecule has 0 aliphatic carbocycles. The van der Waals surface area contributed by atoms with E-state index >= 15 is 0 Å². The molecule has 0 radical (unpaired) electrons. The molecule has 0 atom stereocenters. The Labute approximate surface area is 135 Å². The highest BCUT2D eigenvalue weighted by atomic mass is 16.6. The summed E-state index contributed by atoms with van der Waals surface area (Å²) in [4.78, 5) is 32.0. The van der Waals surface area contributed by atoms with Gasteiger partial charge in [0.1, 0.15) is 18.4 Å². The Balaban J connectivity index is 1.86. The molecule has 0 spiro atoms. The van der Waals surface area contributed by atoms with Gasteiger partial charge in [0.05, 0.1) is 28.3 Å². The van der Waals surface area contributed by atoms with E-state index in [9.17, 15) is 25.0 Å². The fourth-order valence-electron chi connectivity index (χ4n) is 2.08. The molecule has 0 aliphatic heterocycles. The third-order valence-corrected chi connectivity index (χ3v) is 3.22. The van der Waals surface area contributed by atoms with Gasteiger partial charge < -0.3 is 15.4 Å². The Bertz CT molecular complexity index is 794. The summed E-state index contributed by atoms with van der Waals surface area (Å²) in [7, 11) is 0. The lowest BCUT2D eigenvalue weighted by Gasteiger charge is -2.04. The van der Waals surface area contributed by atoms with Crippen molar-refractivity contribution >= 4 is 17.4 Å². The van der Waals surface area contributed by atoms with E-state index in [0.29, 0.717) is 5.69 Å². The van der Waals surface area contributed by atoms with Crippen LogP contribution >= 0.6 is 0 Å². The van der Waals surface area contributed by atoms with E-state index in [1.165, 1.54) is 28.6 Å². The molecular formula is C12H15N7O5. The van der Waals surface area contributed by atoms with Crippen LogP contribution < -0.4 is 5.32 Å². The lowest BCUT2D eigenvalue weighted by molar-refractivity contribution is -0.389. The molecule has 128 valence electrons. The zero-order chi connectivity index (χ0) is 17.9. The average Bonchev–Trinajstić information content (AvgIpc) is 3.02. The molecule has 0 saturated carbocycles. The van der Waals surface area contributed by atoms with Gasteiger partial charge in [0.25, 0.3) is 0 Å². The first-order valence-electron chi connectivity index (χ1n) is 6.92. The maximum absolute atomic E-state index is 11.8. The van der Waals surface area contributed by atoms with Gasteiger partial charge in [0, 0.05) is 6.54 Å². The normalized spacial score (nSPS) is 10.6. The minimum Gasteiger partial charge on any atom is -0.358 e. The van der Waals surface area contributed by atoms with Gasteiger partial charge in [-0.3, -0.25) is 19.6 Å². The van der Waals surface area contributed by atoms with E-state index in [-0.39, 0.29) is 42.7 Å². The molecule has 1 amide bonds. The summed E-state index contributed by atoms with van der Waals surface area (Å²) in [5, 5.41) is 31.7. The summed E-state index contributed by atoms with van der Waals surface area (Å²) in [6.07, 6.45) is 1.19. The Morgan fingerprint density at radius 3 is 2.50 bits per heavy atom. The van der Waals surface area contributed by atoms with Crippen LogP contribution in [-0.2, 0) is 17.9 Å². The van der Waals surface area contributed by atoms with Gasteiger partial charge in [-0.05, 0) is 18.8 Å². The largest absolute Gasteiger partial charge is 0.390 e. The zero-order valence-electron chi connectivity index (χ0n) is 13.0. The molecule has 0 fully saturated rings. The number of amides is 1. The first-order valence-corrected chi connectivity index (χ1v) is 6.92. The summed E-state index contributed by atoms with van der Waals surface area (Å²) < 4.78 is 2.61. The van der Waals surface area contributed by atoms with Crippen LogP contribution in [0.15, 0.2) is 12.3 Å². The van der Waals surface area contributed by atoms with Crippen molar-refractivity contribution in [2.75, 3.05) is 6.54 Å². The van der Waals surface area contributed by atoms with E-state index in [4.69, 9.17) is 0 Å². The molecule has 0 aromatic carbocycles. The van der Waals surface area contributed by atoms with Crippen molar-refractivity contribution in [3.8, 4) is 0 Å². The topological polar surface area (TPSA) is 151 Å². The number of rotatable bonds is 7. The molecule has 0 bridgehead atoms. The summed E-state index contributed by atoms with van der Waals surface area (Å²) in [5.41, 5.74) is 0.684. The number of nitro groups is 2. The lowest BCUT2D eigenvalue weighted by Crippen LogP contribution is -2.31.